The quantitative estimate of drug-likeness (QED) is 0.833. The highest BCUT2D eigenvalue weighted by atomic mass is 16.2. The van der Waals surface area contributed by atoms with Crippen molar-refractivity contribution in [2.45, 2.75) is 51.9 Å². The molecule has 2 rings (SSSR count). The Morgan fingerprint density at radius 1 is 1.00 bits per heavy atom. The number of anilines is 2. The van der Waals surface area contributed by atoms with Crippen LogP contribution in [-0.4, -0.2) is 11.8 Å². The standard InChI is InChI=1S/C17H24N2O2/c1-2-5-16(20)18-14-8-10-15(11-9-14)19-17(21)12-13-6-3-4-7-13/h8-11,13H,2-7,12H2,1H3,(H,18,20)(H,19,21). The van der Waals surface area contributed by atoms with Crippen molar-refractivity contribution < 1.29 is 9.59 Å². The van der Waals surface area contributed by atoms with Crippen molar-refractivity contribution in [3.05, 3.63) is 24.3 Å². The summed E-state index contributed by atoms with van der Waals surface area (Å²) in [6.07, 6.45) is 6.84. The van der Waals surface area contributed by atoms with Gasteiger partial charge in [0.15, 0.2) is 0 Å². The highest BCUT2D eigenvalue weighted by Crippen LogP contribution is 2.27. The Labute approximate surface area is 126 Å². The van der Waals surface area contributed by atoms with E-state index in [4.69, 9.17) is 0 Å². The molecule has 0 spiro atoms. The van der Waals surface area contributed by atoms with Gasteiger partial charge in [-0.2, -0.15) is 0 Å². The second-order valence-electron chi connectivity index (χ2n) is 5.78. The molecule has 1 aromatic carbocycles. The summed E-state index contributed by atoms with van der Waals surface area (Å²) in [6.45, 7) is 1.97. The third-order valence-corrected chi connectivity index (χ3v) is 3.88. The van der Waals surface area contributed by atoms with Crippen LogP contribution in [0.5, 0.6) is 0 Å². The molecule has 0 radical (unpaired) electrons. The van der Waals surface area contributed by atoms with E-state index in [2.05, 4.69) is 10.6 Å². The molecule has 1 aliphatic carbocycles. The van der Waals surface area contributed by atoms with Gasteiger partial charge in [-0.1, -0.05) is 19.8 Å². The average Bonchev–Trinajstić information content (AvgIpc) is 2.94. The van der Waals surface area contributed by atoms with Gasteiger partial charge in [-0.3, -0.25) is 9.59 Å². The van der Waals surface area contributed by atoms with Gasteiger partial charge in [0, 0.05) is 24.2 Å². The molecular formula is C17H24N2O2. The lowest BCUT2D eigenvalue weighted by Gasteiger charge is -2.10. The summed E-state index contributed by atoms with van der Waals surface area (Å²) in [7, 11) is 0. The van der Waals surface area contributed by atoms with Gasteiger partial charge in [0.1, 0.15) is 0 Å². The second kappa shape index (κ2) is 7.81. The minimum Gasteiger partial charge on any atom is -0.326 e. The van der Waals surface area contributed by atoms with Crippen molar-refractivity contribution >= 4 is 23.2 Å². The molecule has 21 heavy (non-hydrogen) atoms. The minimum absolute atomic E-state index is 0.0236. The molecule has 2 amide bonds. The fourth-order valence-electron chi connectivity index (χ4n) is 2.78. The van der Waals surface area contributed by atoms with E-state index in [9.17, 15) is 9.59 Å². The molecule has 0 unspecified atom stereocenters. The van der Waals surface area contributed by atoms with E-state index in [1.165, 1.54) is 25.7 Å². The largest absolute Gasteiger partial charge is 0.326 e. The van der Waals surface area contributed by atoms with Gasteiger partial charge in [-0.25, -0.2) is 0 Å². The minimum atomic E-state index is 0.0236. The van der Waals surface area contributed by atoms with E-state index in [0.717, 1.165) is 17.8 Å². The lowest BCUT2D eigenvalue weighted by molar-refractivity contribution is -0.117. The van der Waals surface area contributed by atoms with Gasteiger partial charge in [-0.15, -0.1) is 0 Å². The van der Waals surface area contributed by atoms with Crippen LogP contribution < -0.4 is 10.6 Å². The maximum atomic E-state index is 11.9. The van der Waals surface area contributed by atoms with Crippen molar-refractivity contribution in [1.82, 2.24) is 0 Å². The second-order valence-corrected chi connectivity index (χ2v) is 5.78. The van der Waals surface area contributed by atoms with E-state index in [-0.39, 0.29) is 11.8 Å². The van der Waals surface area contributed by atoms with Crippen LogP contribution in [0.4, 0.5) is 11.4 Å². The Bertz CT molecular complexity index is 476. The molecule has 0 aliphatic heterocycles. The number of benzene rings is 1. The molecule has 1 aromatic rings. The first-order valence-corrected chi connectivity index (χ1v) is 7.87. The zero-order chi connectivity index (χ0) is 15.1. The highest BCUT2D eigenvalue weighted by molar-refractivity contribution is 5.93. The molecule has 4 heteroatoms. The average molecular weight is 288 g/mol. The third-order valence-electron chi connectivity index (χ3n) is 3.88. The topological polar surface area (TPSA) is 58.2 Å². The van der Waals surface area contributed by atoms with Crippen molar-refractivity contribution in [1.29, 1.82) is 0 Å². The molecule has 1 saturated carbocycles. The predicted molar refractivity (Wildman–Crippen MR) is 85.2 cm³/mol. The highest BCUT2D eigenvalue weighted by Gasteiger charge is 2.18. The van der Waals surface area contributed by atoms with Crippen LogP contribution in [0, 0.1) is 5.92 Å². The van der Waals surface area contributed by atoms with Crippen molar-refractivity contribution in [3.8, 4) is 0 Å². The third kappa shape index (κ3) is 5.21. The Balaban J connectivity index is 1.81. The molecular weight excluding hydrogens is 264 g/mol. The number of hydrogen-bond acceptors (Lipinski definition) is 2. The lowest BCUT2D eigenvalue weighted by atomic mass is 10.0. The van der Waals surface area contributed by atoms with Crippen LogP contribution in [0.15, 0.2) is 24.3 Å². The maximum Gasteiger partial charge on any atom is 0.224 e. The first kappa shape index (κ1) is 15.5. The molecule has 1 fully saturated rings. The summed E-state index contributed by atoms with van der Waals surface area (Å²) < 4.78 is 0. The zero-order valence-corrected chi connectivity index (χ0v) is 12.7. The van der Waals surface area contributed by atoms with E-state index in [1.807, 2.05) is 31.2 Å². The molecule has 0 atom stereocenters. The molecule has 114 valence electrons. The monoisotopic (exact) mass is 288 g/mol. The number of carbonyl (C=O) groups is 2. The van der Waals surface area contributed by atoms with Crippen molar-refractivity contribution in [2.75, 3.05) is 10.6 Å². The number of nitrogens with one attached hydrogen (secondary N) is 2. The van der Waals surface area contributed by atoms with E-state index in [0.29, 0.717) is 18.8 Å². The Kier molecular flexibility index (Phi) is 5.78. The molecule has 0 saturated heterocycles. The Hall–Kier alpha value is -1.84. The predicted octanol–water partition coefficient (Wildman–Crippen LogP) is 3.94. The van der Waals surface area contributed by atoms with Crippen LogP contribution in [0.2, 0.25) is 0 Å². The molecule has 0 bridgehead atoms. The van der Waals surface area contributed by atoms with Gasteiger partial charge in [0.25, 0.3) is 0 Å². The lowest BCUT2D eigenvalue weighted by Crippen LogP contribution is -2.15. The van der Waals surface area contributed by atoms with Crippen LogP contribution in [0.25, 0.3) is 0 Å². The van der Waals surface area contributed by atoms with Gasteiger partial charge >= 0.3 is 0 Å². The molecule has 2 N–H and O–H groups in total. The van der Waals surface area contributed by atoms with Gasteiger partial charge < -0.3 is 10.6 Å². The summed E-state index contributed by atoms with van der Waals surface area (Å²) in [4.78, 5) is 23.4. The van der Waals surface area contributed by atoms with Crippen LogP contribution in [0.3, 0.4) is 0 Å². The molecule has 0 aromatic heterocycles. The van der Waals surface area contributed by atoms with E-state index in [1.54, 1.807) is 0 Å². The van der Waals surface area contributed by atoms with Crippen LogP contribution >= 0.6 is 0 Å². The van der Waals surface area contributed by atoms with Crippen LogP contribution in [0.1, 0.15) is 51.9 Å². The number of rotatable bonds is 6. The van der Waals surface area contributed by atoms with Crippen molar-refractivity contribution in [2.24, 2.45) is 5.92 Å². The molecule has 4 nitrogen and oxygen atoms in total. The summed E-state index contributed by atoms with van der Waals surface area (Å²) in [5.74, 6) is 0.665. The van der Waals surface area contributed by atoms with E-state index >= 15 is 0 Å². The molecule has 1 aliphatic rings. The summed E-state index contributed by atoms with van der Waals surface area (Å²) in [6, 6.07) is 7.29. The first-order chi connectivity index (χ1) is 10.2. The summed E-state index contributed by atoms with van der Waals surface area (Å²) in [5.41, 5.74) is 1.55. The van der Waals surface area contributed by atoms with Gasteiger partial charge in [0.2, 0.25) is 11.8 Å². The number of hydrogen-bond donors (Lipinski definition) is 2. The number of amides is 2. The SMILES string of the molecule is CCCC(=O)Nc1ccc(NC(=O)CC2CCCC2)cc1. The van der Waals surface area contributed by atoms with Gasteiger partial charge in [0.05, 0.1) is 0 Å². The number of carbonyl (C=O) groups excluding carboxylic acids is 2. The Morgan fingerprint density at radius 3 is 2.05 bits per heavy atom. The maximum absolute atomic E-state index is 11.9. The smallest absolute Gasteiger partial charge is 0.224 e. The zero-order valence-electron chi connectivity index (χ0n) is 12.7. The summed E-state index contributed by atoms with van der Waals surface area (Å²) in [5, 5.41) is 5.75. The normalized spacial score (nSPS) is 14.9. The summed E-state index contributed by atoms with van der Waals surface area (Å²) >= 11 is 0. The fraction of sp³-hybridized carbons (Fsp3) is 0.529. The van der Waals surface area contributed by atoms with Gasteiger partial charge in [-0.05, 0) is 49.4 Å². The van der Waals surface area contributed by atoms with E-state index < -0.39 is 0 Å². The first-order valence-electron chi connectivity index (χ1n) is 7.87. The molecule has 0 heterocycles. The fourth-order valence-corrected chi connectivity index (χ4v) is 2.78. The van der Waals surface area contributed by atoms with Crippen LogP contribution in [-0.2, 0) is 9.59 Å². The Morgan fingerprint density at radius 2 is 1.52 bits per heavy atom. The van der Waals surface area contributed by atoms with Crippen molar-refractivity contribution in [3.63, 3.8) is 0 Å².